The zero-order valence-corrected chi connectivity index (χ0v) is 27.0. The number of imidazole rings is 2. The molecule has 10 nitrogen and oxygen atoms in total. The normalized spacial score (nSPS) is 18.6. The Bertz CT molecular complexity index is 1890. The molecular formula is C37H41N7O3. The fourth-order valence-electron chi connectivity index (χ4n) is 7.04. The highest BCUT2D eigenvalue weighted by atomic mass is 16.5. The smallest absolute Gasteiger partial charge is 0.407 e. The molecule has 2 aliphatic rings. The van der Waals surface area contributed by atoms with E-state index in [0.29, 0.717) is 12.6 Å². The second-order valence-electron chi connectivity index (χ2n) is 12.8. The van der Waals surface area contributed by atoms with Gasteiger partial charge in [0.2, 0.25) is 5.91 Å². The molecule has 0 spiro atoms. The molecular weight excluding hydrogens is 590 g/mol. The number of ether oxygens (including phenoxy) is 1. The van der Waals surface area contributed by atoms with Gasteiger partial charge in [0.25, 0.3) is 0 Å². The van der Waals surface area contributed by atoms with E-state index in [1.54, 1.807) is 0 Å². The van der Waals surface area contributed by atoms with Crippen molar-refractivity contribution in [3.63, 3.8) is 0 Å². The Labute approximate surface area is 274 Å². The van der Waals surface area contributed by atoms with Gasteiger partial charge in [-0.05, 0) is 65.6 Å². The van der Waals surface area contributed by atoms with Crippen LogP contribution in [0.15, 0.2) is 73.1 Å². The van der Waals surface area contributed by atoms with E-state index in [4.69, 9.17) is 9.72 Å². The van der Waals surface area contributed by atoms with Crippen LogP contribution in [-0.4, -0.2) is 63.1 Å². The lowest BCUT2D eigenvalue weighted by atomic mass is 9.94. The quantitative estimate of drug-likeness (QED) is 0.150. The van der Waals surface area contributed by atoms with Crippen molar-refractivity contribution < 1.29 is 14.3 Å². The monoisotopic (exact) mass is 631 g/mol. The Kier molecular flexibility index (Phi) is 8.51. The van der Waals surface area contributed by atoms with Crippen molar-refractivity contribution >= 4 is 22.8 Å². The summed E-state index contributed by atoms with van der Waals surface area (Å²) >= 11 is 0. The number of amides is 2. The zero-order chi connectivity index (χ0) is 32.5. The molecule has 2 amide bonds. The number of methoxy groups -OCH3 is 1. The third-order valence-electron chi connectivity index (χ3n) is 9.54. The molecule has 5 aromatic rings. The van der Waals surface area contributed by atoms with E-state index in [-0.39, 0.29) is 17.9 Å². The molecule has 10 heteroatoms. The first kappa shape index (κ1) is 30.7. The Hall–Kier alpha value is -4.96. The van der Waals surface area contributed by atoms with Crippen molar-refractivity contribution in [2.24, 2.45) is 5.92 Å². The second-order valence-corrected chi connectivity index (χ2v) is 12.8. The molecule has 2 fully saturated rings. The fraction of sp³-hybridized carbons (Fsp3) is 0.351. The maximum Gasteiger partial charge on any atom is 0.407 e. The fourth-order valence-corrected chi connectivity index (χ4v) is 7.04. The number of nitrogens with zero attached hydrogens (tertiary/aromatic N) is 3. The summed E-state index contributed by atoms with van der Waals surface area (Å²) in [5.41, 5.74) is 6.38. The van der Waals surface area contributed by atoms with E-state index >= 15 is 0 Å². The average Bonchev–Trinajstić information content (AvgIpc) is 3.93. The molecule has 0 unspecified atom stereocenters. The molecule has 0 radical (unpaired) electrons. The van der Waals surface area contributed by atoms with Gasteiger partial charge in [-0.2, -0.15) is 0 Å². The number of aromatic nitrogens is 4. The number of fused-ring (bicyclic) bond motifs is 1. The summed E-state index contributed by atoms with van der Waals surface area (Å²) < 4.78 is 4.77. The van der Waals surface area contributed by atoms with Crippen LogP contribution >= 0.6 is 0 Å². The lowest BCUT2D eigenvalue weighted by Gasteiger charge is -2.30. The molecule has 0 aliphatic carbocycles. The van der Waals surface area contributed by atoms with E-state index < -0.39 is 12.1 Å². The van der Waals surface area contributed by atoms with E-state index in [1.807, 2.05) is 31.1 Å². The van der Waals surface area contributed by atoms with Crippen molar-refractivity contribution in [3.8, 4) is 33.6 Å². The highest BCUT2D eigenvalue weighted by Crippen LogP contribution is 2.37. The maximum absolute atomic E-state index is 13.6. The van der Waals surface area contributed by atoms with Gasteiger partial charge in [0.1, 0.15) is 17.7 Å². The first-order chi connectivity index (χ1) is 22.9. The number of nitrogens with one attached hydrogen (secondary N) is 4. The first-order valence-corrected chi connectivity index (χ1v) is 16.5. The predicted molar refractivity (Wildman–Crippen MR) is 182 cm³/mol. The number of aromatic amines is 2. The molecule has 4 N–H and O–H groups in total. The number of alkyl carbamates (subject to hydrolysis) is 1. The maximum atomic E-state index is 13.6. The first-order valence-electron chi connectivity index (χ1n) is 16.5. The molecule has 0 bridgehead atoms. The van der Waals surface area contributed by atoms with Crippen LogP contribution in [0.25, 0.3) is 44.4 Å². The summed E-state index contributed by atoms with van der Waals surface area (Å²) in [5.74, 6) is 1.55. The van der Waals surface area contributed by atoms with Gasteiger partial charge >= 0.3 is 6.09 Å². The SMILES string of the molecule is COC(=O)N[C@H](C(=O)N1CCC[C@H]1c1ncc(-c2cccc3c(-c4ccc(-c5cnc([C@@H]6CCCN6)[nH]5)cc4)cccc23)[nH]1)C(C)C. The molecule has 3 atom stereocenters. The molecule has 3 aromatic carbocycles. The number of carbonyl (C=O) groups is 2. The van der Waals surface area contributed by atoms with Crippen molar-refractivity contribution in [2.45, 2.75) is 57.7 Å². The van der Waals surface area contributed by atoms with Gasteiger partial charge in [-0.1, -0.05) is 74.5 Å². The van der Waals surface area contributed by atoms with Crippen molar-refractivity contribution in [1.82, 2.24) is 35.5 Å². The van der Waals surface area contributed by atoms with Crippen LogP contribution in [0.5, 0.6) is 0 Å². The standard InChI is InChI=1S/C37H41N7O3/c1-22(2)33(43-37(46)47-3)36(45)44-19-7-13-32(44)35-40-21-31(42-35)28-11-5-9-26-25(8-4-10-27(26)28)23-14-16-24(17-15-23)30-20-39-34(41-30)29-12-6-18-38-29/h4-5,8-11,14-17,20-22,29,32-33,38H,6-7,12-13,18-19H2,1-3H3,(H,39,41)(H,40,42)(H,43,46)/t29-,32-,33-/m0/s1. The average molecular weight is 632 g/mol. The van der Waals surface area contributed by atoms with Crippen LogP contribution in [0, 0.1) is 5.92 Å². The van der Waals surface area contributed by atoms with Gasteiger partial charge in [-0.25, -0.2) is 14.8 Å². The molecule has 2 saturated heterocycles. The topological polar surface area (TPSA) is 128 Å². The van der Waals surface area contributed by atoms with E-state index in [2.05, 4.69) is 86.2 Å². The van der Waals surface area contributed by atoms with Crippen molar-refractivity contribution in [3.05, 3.63) is 84.7 Å². The summed E-state index contributed by atoms with van der Waals surface area (Å²) in [5, 5.41) is 8.49. The number of hydrogen-bond acceptors (Lipinski definition) is 6. The van der Waals surface area contributed by atoms with E-state index in [0.717, 1.165) is 81.9 Å². The minimum atomic E-state index is -0.672. The summed E-state index contributed by atoms with van der Waals surface area (Å²) in [7, 11) is 1.30. The van der Waals surface area contributed by atoms with Crippen LogP contribution in [0.4, 0.5) is 4.79 Å². The summed E-state index contributed by atoms with van der Waals surface area (Å²) in [6.07, 6.45) is 7.14. The zero-order valence-electron chi connectivity index (χ0n) is 27.0. The number of carbonyl (C=O) groups excluding carboxylic acids is 2. The van der Waals surface area contributed by atoms with Crippen LogP contribution < -0.4 is 10.6 Å². The Balaban J connectivity index is 1.14. The molecule has 2 aliphatic heterocycles. The highest BCUT2D eigenvalue weighted by Gasteiger charge is 2.37. The number of rotatable bonds is 8. The summed E-state index contributed by atoms with van der Waals surface area (Å²) in [4.78, 5) is 43.9. The van der Waals surface area contributed by atoms with Gasteiger partial charge in [0.15, 0.2) is 0 Å². The van der Waals surface area contributed by atoms with E-state index in [9.17, 15) is 9.59 Å². The Morgan fingerprint density at radius 3 is 2.26 bits per heavy atom. The van der Waals surface area contributed by atoms with Crippen LogP contribution in [0.3, 0.4) is 0 Å². The van der Waals surface area contributed by atoms with Crippen LogP contribution in [-0.2, 0) is 9.53 Å². The molecule has 2 aromatic heterocycles. The van der Waals surface area contributed by atoms with Crippen LogP contribution in [0.1, 0.15) is 63.3 Å². The third kappa shape index (κ3) is 6.01. The second kappa shape index (κ2) is 13.0. The lowest BCUT2D eigenvalue weighted by Crippen LogP contribution is -2.51. The van der Waals surface area contributed by atoms with Gasteiger partial charge in [0.05, 0.1) is 43.0 Å². The third-order valence-corrected chi connectivity index (χ3v) is 9.54. The molecule has 0 saturated carbocycles. The number of H-pyrrole nitrogens is 2. The molecule has 7 rings (SSSR count). The van der Waals surface area contributed by atoms with Gasteiger partial charge < -0.3 is 30.2 Å². The molecule has 242 valence electrons. The number of benzene rings is 3. The van der Waals surface area contributed by atoms with Crippen molar-refractivity contribution in [2.75, 3.05) is 20.2 Å². The molecule has 4 heterocycles. The highest BCUT2D eigenvalue weighted by molar-refractivity contribution is 6.04. The lowest BCUT2D eigenvalue weighted by molar-refractivity contribution is -0.135. The minimum absolute atomic E-state index is 0.0893. The van der Waals surface area contributed by atoms with Gasteiger partial charge in [0, 0.05) is 12.1 Å². The van der Waals surface area contributed by atoms with Crippen LogP contribution in [0.2, 0.25) is 0 Å². The van der Waals surface area contributed by atoms with Crippen molar-refractivity contribution in [1.29, 1.82) is 0 Å². The van der Waals surface area contributed by atoms with Gasteiger partial charge in [-0.3, -0.25) is 4.79 Å². The predicted octanol–water partition coefficient (Wildman–Crippen LogP) is 6.76. The summed E-state index contributed by atoms with van der Waals surface area (Å²) in [6.45, 7) is 5.49. The molecule has 47 heavy (non-hydrogen) atoms. The summed E-state index contributed by atoms with van der Waals surface area (Å²) in [6, 6.07) is 20.8. The number of hydrogen-bond donors (Lipinski definition) is 4. The largest absolute Gasteiger partial charge is 0.453 e. The van der Waals surface area contributed by atoms with E-state index in [1.165, 1.54) is 13.5 Å². The van der Waals surface area contributed by atoms with Gasteiger partial charge in [-0.15, -0.1) is 0 Å². The number of likely N-dealkylation sites (tertiary alicyclic amines) is 1. The Morgan fingerprint density at radius 1 is 0.851 bits per heavy atom. The minimum Gasteiger partial charge on any atom is -0.453 e. The Morgan fingerprint density at radius 2 is 1.53 bits per heavy atom.